The normalized spacial score (nSPS) is 18.0. The van der Waals surface area contributed by atoms with Crippen LogP contribution >= 0.6 is 0 Å². The van der Waals surface area contributed by atoms with Gasteiger partial charge in [0.2, 0.25) is 10.0 Å². The predicted octanol–water partition coefficient (Wildman–Crippen LogP) is 3.70. The fraction of sp³-hybridized carbons (Fsp3) is 0.480. The quantitative estimate of drug-likeness (QED) is 0.691. The van der Waals surface area contributed by atoms with Crippen molar-refractivity contribution >= 4 is 15.9 Å². The lowest BCUT2D eigenvalue weighted by molar-refractivity contribution is 0.0950. The number of benzene rings is 2. The zero-order chi connectivity index (χ0) is 22.6. The molecule has 2 aromatic rings. The van der Waals surface area contributed by atoms with Crippen molar-refractivity contribution < 1.29 is 13.2 Å². The zero-order valence-electron chi connectivity index (χ0n) is 18.8. The molecule has 0 aromatic heterocycles. The number of carbonyl (C=O) groups is 1. The fourth-order valence-corrected chi connectivity index (χ4v) is 6.12. The van der Waals surface area contributed by atoms with Gasteiger partial charge in [0, 0.05) is 31.7 Å². The molecule has 2 aliphatic heterocycles. The summed E-state index contributed by atoms with van der Waals surface area (Å²) >= 11 is 0. The van der Waals surface area contributed by atoms with E-state index in [9.17, 15) is 13.2 Å². The molecule has 0 spiro atoms. The van der Waals surface area contributed by atoms with E-state index >= 15 is 0 Å². The van der Waals surface area contributed by atoms with Gasteiger partial charge in [-0.25, -0.2) is 8.42 Å². The van der Waals surface area contributed by atoms with Crippen LogP contribution < -0.4 is 5.32 Å². The lowest BCUT2D eigenvalue weighted by Crippen LogP contribution is -2.29. The van der Waals surface area contributed by atoms with Crippen LogP contribution in [0.15, 0.2) is 47.4 Å². The van der Waals surface area contributed by atoms with Gasteiger partial charge in [0.15, 0.2) is 0 Å². The third kappa shape index (κ3) is 5.39. The number of piperidine rings is 1. The molecule has 2 aromatic carbocycles. The summed E-state index contributed by atoms with van der Waals surface area (Å²) in [7, 11) is -3.55. The molecule has 32 heavy (non-hydrogen) atoms. The molecule has 1 amide bonds. The summed E-state index contributed by atoms with van der Waals surface area (Å²) < 4.78 is 27.3. The molecule has 6 nitrogen and oxygen atoms in total. The van der Waals surface area contributed by atoms with Gasteiger partial charge >= 0.3 is 0 Å². The smallest absolute Gasteiger partial charge is 0.251 e. The molecule has 4 rings (SSSR count). The average Bonchev–Trinajstić information content (AvgIpc) is 3.35. The van der Waals surface area contributed by atoms with Crippen LogP contribution in [-0.4, -0.2) is 49.7 Å². The van der Waals surface area contributed by atoms with Gasteiger partial charge in [-0.3, -0.25) is 9.69 Å². The van der Waals surface area contributed by atoms with Crippen LogP contribution in [0.4, 0.5) is 0 Å². The maximum atomic E-state index is 12.9. The highest BCUT2D eigenvalue weighted by atomic mass is 32.2. The highest BCUT2D eigenvalue weighted by Crippen LogP contribution is 2.23. The van der Waals surface area contributed by atoms with E-state index in [1.165, 1.54) is 35.2 Å². The number of hydrogen-bond acceptors (Lipinski definition) is 4. The summed E-state index contributed by atoms with van der Waals surface area (Å²) in [6.45, 7) is 6.58. The van der Waals surface area contributed by atoms with Crippen molar-refractivity contribution in [1.29, 1.82) is 0 Å². The van der Waals surface area contributed by atoms with Crippen LogP contribution in [0.25, 0.3) is 0 Å². The fourth-order valence-electron chi connectivity index (χ4n) is 4.57. The number of aryl methyl sites for hydroxylation is 1. The van der Waals surface area contributed by atoms with Crippen molar-refractivity contribution in [2.45, 2.75) is 57.0 Å². The van der Waals surface area contributed by atoms with Gasteiger partial charge in [-0.15, -0.1) is 0 Å². The van der Waals surface area contributed by atoms with Gasteiger partial charge < -0.3 is 5.32 Å². The number of sulfonamides is 1. The number of likely N-dealkylation sites (tertiary alicyclic amines) is 1. The lowest BCUT2D eigenvalue weighted by Gasteiger charge is -2.26. The Morgan fingerprint density at radius 1 is 0.906 bits per heavy atom. The SMILES string of the molecule is Cc1ccc(S(=O)(=O)N2CCCC2)cc1C(=O)NCc1cccc(CN2CCCCC2)c1. The topological polar surface area (TPSA) is 69.7 Å². The van der Waals surface area contributed by atoms with Gasteiger partial charge in [-0.2, -0.15) is 4.31 Å². The van der Waals surface area contributed by atoms with E-state index in [1.54, 1.807) is 12.1 Å². The summed E-state index contributed by atoms with van der Waals surface area (Å²) in [4.78, 5) is 15.6. The molecule has 1 N–H and O–H groups in total. The molecule has 2 aliphatic rings. The second-order valence-corrected chi connectivity index (χ2v) is 10.9. The Bertz CT molecular complexity index is 1060. The first-order valence-electron chi connectivity index (χ1n) is 11.6. The first kappa shape index (κ1) is 23.0. The third-order valence-electron chi connectivity index (χ3n) is 6.46. The molecule has 0 aliphatic carbocycles. The van der Waals surface area contributed by atoms with E-state index in [1.807, 2.05) is 19.1 Å². The van der Waals surface area contributed by atoms with Gasteiger partial charge in [0.05, 0.1) is 4.90 Å². The molecule has 2 saturated heterocycles. The Morgan fingerprint density at radius 2 is 1.59 bits per heavy atom. The Morgan fingerprint density at radius 3 is 2.34 bits per heavy atom. The molecule has 2 heterocycles. The first-order chi connectivity index (χ1) is 15.4. The second-order valence-electron chi connectivity index (χ2n) is 8.93. The Kier molecular flexibility index (Phi) is 7.28. The molecule has 0 atom stereocenters. The minimum atomic E-state index is -3.55. The maximum Gasteiger partial charge on any atom is 0.251 e. The largest absolute Gasteiger partial charge is 0.348 e. The summed E-state index contributed by atoms with van der Waals surface area (Å²) in [5, 5.41) is 2.97. The first-order valence-corrected chi connectivity index (χ1v) is 13.1. The van der Waals surface area contributed by atoms with Crippen molar-refractivity contribution in [1.82, 2.24) is 14.5 Å². The Hall–Kier alpha value is -2.22. The molecular weight excluding hydrogens is 422 g/mol. The Labute approximate surface area is 191 Å². The van der Waals surface area contributed by atoms with Gasteiger partial charge in [0.1, 0.15) is 0 Å². The van der Waals surface area contributed by atoms with E-state index in [0.29, 0.717) is 25.2 Å². The summed E-state index contributed by atoms with van der Waals surface area (Å²) in [5.41, 5.74) is 3.48. The van der Waals surface area contributed by atoms with Crippen molar-refractivity contribution in [3.63, 3.8) is 0 Å². The van der Waals surface area contributed by atoms with Crippen molar-refractivity contribution in [3.8, 4) is 0 Å². The van der Waals surface area contributed by atoms with Crippen LogP contribution in [0.3, 0.4) is 0 Å². The summed E-state index contributed by atoms with van der Waals surface area (Å²) in [6.07, 6.45) is 5.62. The molecule has 0 unspecified atom stereocenters. The average molecular weight is 456 g/mol. The van der Waals surface area contributed by atoms with E-state index in [-0.39, 0.29) is 10.8 Å². The number of carbonyl (C=O) groups excluding carboxylic acids is 1. The molecule has 7 heteroatoms. The molecule has 172 valence electrons. The van der Waals surface area contributed by atoms with Gasteiger partial charge in [-0.1, -0.05) is 36.8 Å². The van der Waals surface area contributed by atoms with Gasteiger partial charge in [-0.05, 0) is 74.5 Å². The summed E-state index contributed by atoms with van der Waals surface area (Å²) in [5.74, 6) is -0.248. The predicted molar refractivity (Wildman–Crippen MR) is 126 cm³/mol. The molecular formula is C25H33N3O3S. The maximum absolute atomic E-state index is 12.9. The molecule has 2 fully saturated rings. The van der Waals surface area contributed by atoms with Crippen molar-refractivity contribution in [2.24, 2.45) is 0 Å². The number of rotatable bonds is 7. The highest BCUT2D eigenvalue weighted by Gasteiger charge is 2.28. The molecule has 0 radical (unpaired) electrons. The van der Waals surface area contributed by atoms with Crippen molar-refractivity contribution in [2.75, 3.05) is 26.2 Å². The van der Waals surface area contributed by atoms with E-state index in [0.717, 1.165) is 43.6 Å². The summed E-state index contributed by atoms with van der Waals surface area (Å²) in [6, 6.07) is 13.2. The minimum Gasteiger partial charge on any atom is -0.348 e. The molecule has 0 bridgehead atoms. The highest BCUT2D eigenvalue weighted by molar-refractivity contribution is 7.89. The van der Waals surface area contributed by atoms with Gasteiger partial charge in [0.25, 0.3) is 5.91 Å². The van der Waals surface area contributed by atoms with Crippen LogP contribution in [0.5, 0.6) is 0 Å². The van der Waals surface area contributed by atoms with Crippen LogP contribution in [-0.2, 0) is 23.1 Å². The number of nitrogens with zero attached hydrogens (tertiary/aromatic N) is 2. The Balaban J connectivity index is 1.42. The van der Waals surface area contributed by atoms with E-state index in [4.69, 9.17) is 0 Å². The third-order valence-corrected chi connectivity index (χ3v) is 8.35. The minimum absolute atomic E-state index is 0.193. The second kappa shape index (κ2) is 10.1. The number of nitrogens with one attached hydrogen (secondary N) is 1. The van der Waals surface area contributed by atoms with Crippen molar-refractivity contribution in [3.05, 3.63) is 64.7 Å². The molecule has 0 saturated carbocycles. The van der Waals surface area contributed by atoms with Crippen LogP contribution in [0.2, 0.25) is 0 Å². The number of amides is 1. The van der Waals surface area contributed by atoms with Crippen LogP contribution in [0.1, 0.15) is 59.2 Å². The number of hydrogen-bond donors (Lipinski definition) is 1. The van der Waals surface area contributed by atoms with E-state index < -0.39 is 10.0 Å². The standard InChI is InChI=1S/C25H33N3O3S/c1-20-10-11-23(32(30,31)28-14-5-6-15-28)17-24(20)25(29)26-18-21-8-7-9-22(16-21)19-27-12-3-2-4-13-27/h7-11,16-17H,2-6,12-15,18-19H2,1H3,(H,26,29). The van der Waals surface area contributed by atoms with Crippen LogP contribution in [0, 0.1) is 6.92 Å². The lowest BCUT2D eigenvalue weighted by atomic mass is 10.1. The zero-order valence-corrected chi connectivity index (χ0v) is 19.7. The van der Waals surface area contributed by atoms with E-state index in [2.05, 4.69) is 22.3 Å². The monoisotopic (exact) mass is 455 g/mol.